The first kappa shape index (κ1) is 18.0. The van der Waals surface area contributed by atoms with Crippen molar-refractivity contribution in [3.8, 4) is 0 Å². The van der Waals surface area contributed by atoms with Crippen molar-refractivity contribution in [3.05, 3.63) is 29.8 Å². The predicted octanol–water partition coefficient (Wildman–Crippen LogP) is 5.30. The Hall–Kier alpha value is -1.02. The molecule has 2 nitrogen and oxygen atoms in total. The molecule has 0 saturated heterocycles. The van der Waals surface area contributed by atoms with Crippen LogP contribution in [0.25, 0.3) is 0 Å². The van der Waals surface area contributed by atoms with Crippen molar-refractivity contribution >= 4 is 5.69 Å². The fourth-order valence-electron chi connectivity index (χ4n) is 2.70. The van der Waals surface area contributed by atoms with Crippen molar-refractivity contribution < 1.29 is 0 Å². The van der Waals surface area contributed by atoms with Crippen molar-refractivity contribution in [2.75, 3.05) is 18.4 Å². The fraction of sp³-hybridized carbons (Fsp3) is 0.684. The highest BCUT2D eigenvalue weighted by molar-refractivity contribution is 5.46. The number of anilines is 1. The lowest BCUT2D eigenvalue weighted by atomic mass is 10.1. The van der Waals surface area contributed by atoms with Gasteiger partial charge in [0.1, 0.15) is 0 Å². The van der Waals surface area contributed by atoms with Gasteiger partial charge in [0.25, 0.3) is 0 Å². The van der Waals surface area contributed by atoms with Crippen LogP contribution >= 0.6 is 0 Å². The largest absolute Gasteiger partial charge is 0.383 e. The summed E-state index contributed by atoms with van der Waals surface area (Å²) in [6, 6.07) is 9.46. The number of rotatable bonds is 11. The van der Waals surface area contributed by atoms with Gasteiger partial charge in [-0.3, -0.25) is 4.90 Å². The molecular formula is C19H34N2. The van der Waals surface area contributed by atoms with E-state index >= 15 is 0 Å². The molecule has 1 aromatic rings. The third-order valence-electron chi connectivity index (χ3n) is 4.13. The lowest BCUT2D eigenvalue weighted by Crippen LogP contribution is -2.22. The van der Waals surface area contributed by atoms with Crippen LogP contribution in [0.2, 0.25) is 0 Å². The molecule has 0 heterocycles. The molecule has 1 N–H and O–H groups in total. The maximum absolute atomic E-state index is 3.65. The quantitative estimate of drug-likeness (QED) is 0.556. The molecule has 1 rings (SSSR count). The van der Waals surface area contributed by atoms with Gasteiger partial charge in [-0.2, -0.15) is 0 Å². The minimum Gasteiger partial charge on any atom is -0.383 e. The Kier molecular flexibility index (Phi) is 9.16. The molecule has 1 aromatic carbocycles. The molecule has 1 unspecified atom stereocenters. The van der Waals surface area contributed by atoms with Gasteiger partial charge in [-0.25, -0.2) is 0 Å². The van der Waals surface area contributed by atoms with Gasteiger partial charge in [0, 0.05) is 18.3 Å². The number of hydrogen-bond donors (Lipinski definition) is 1. The first-order valence-corrected chi connectivity index (χ1v) is 8.77. The fourth-order valence-corrected chi connectivity index (χ4v) is 2.70. The monoisotopic (exact) mass is 290 g/mol. The van der Waals surface area contributed by atoms with Gasteiger partial charge >= 0.3 is 0 Å². The average molecular weight is 290 g/mol. The van der Waals surface area contributed by atoms with E-state index in [1.165, 1.54) is 43.4 Å². The van der Waals surface area contributed by atoms with Gasteiger partial charge < -0.3 is 5.32 Å². The van der Waals surface area contributed by atoms with E-state index in [1.54, 1.807) is 0 Å². The van der Waals surface area contributed by atoms with E-state index < -0.39 is 0 Å². The Morgan fingerprint density at radius 2 is 1.81 bits per heavy atom. The highest BCUT2D eigenvalue weighted by atomic mass is 15.1. The van der Waals surface area contributed by atoms with Crippen molar-refractivity contribution in [1.29, 1.82) is 0 Å². The third kappa shape index (κ3) is 7.52. The van der Waals surface area contributed by atoms with Crippen molar-refractivity contribution in [2.45, 2.75) is 72.4 Å². The smallest absolute Gasteiger partial charge is 0.0345 e. The number of hydrogen-bond acceptors (Lipinski definition) is 2. The van der Waals surface area contributed by atoms with Crippen molar-refractivity contribution in [1.82, 2.24) is 4.90 Å². The van der Waals surface area contributed by atoms with Crippen LogP contribution in [0.1, 0.15) is 65.4 Å². The highest BCUT2D eigenvalue weighted by Crippen LogP contribution is 2.15. The Labute approximate surface area is 131 Å². The molecule has 0 saturated carbocycles. The van der Waals surface area contributed by atoms with Crippen molar-refractivity contribution in [2.24, 2.45) is 0 Å². The summed E-state index contributed by atoms with van der Waals surface area (Å²) in [5, 5.41) is 3.65. The molecule has 0 radical (unpaired) electrons. The maximum Gasteiger partial charge on any atom is 0.0345 e. The zero-order chi connectivity index (χ0) is 15.5. The van der Waals surface area contributed by atoms with Crippen LogP contribution in [0.4, 0.5) is 5.69 Å². The molecule has 0 spiro atoms. The Morgan fingerprint density at radius 1 is 1.05 bits per heavy atom. The first-order chi connectivity index (χ1) is 10.2. The molecule has 0 aliphatic rings. The maximum atomic E-state index is 3.65. The van der Waals surface area contributed by atoms with E-state index in [9.17, 15) is 0 Å². The number of nitrogens with one attached hydrogen (secondary N) is 1. The van der Waals surface area contributed by atoms with Gasteiger partial charge in [-0.1, -0.05) is 58.6 Å². The van der Waals surface area contributed by atoms with Gasteiger partial charge in [-0.05, 0) is 44.1 Å². The summed E-state index contributed by atoms with van der Waals surface area (Å²) in [7, 11) is 0. The summed E-state index contributed by atoms with van der Waals surface area (Å²) < 4.78 is 0. The highest BCUT2D eigenvalue weighted by Gasteiger charge is 2.04. The van der Waals surface area contributed by atoms with Crippen LogP contribution in [-0.2, 0) is 6.54 Å². The van der Waals surface area contributed by atoms with E-state index in [1.807, 2.05) is 0 Å². The molecule has 1 atom stereocenters. The zero-order valence-corrected chi connectivity index (χ0v) is 14.5. The Balaban J connectivity index is 2.44. The second-order valence-electron chi connectivity index (χ2n) is 6.06. The van der Waals surface area contributed by atoms with E-state index in [0.29, 0.717) is 6.04 Å². The lowest BCUT2D eigenvalue weighted by molar-refractivity contribution is 0.296. The first-order valence-electron chi connectivity index (χ1n) is 8.77. The third-order valence-corrected chi connectivity index (χ3v) is 4.13. The normalized spacial score (nSPS) is 12.6. The molecule has 0 aromatic heterocycles. The SMILES string of the molecule is CCCCCCC(C)Nc1cccc(CN(CC)CC)c1. The van der Waals surface area contributed by atoms with E-state index in [-0.39, 0.29) is 0 Å². The molecule has 0 aliphatic carbocycles. The van der Waals surface area contributed by atoms with Crippen LogP contribution < -0.4 is 5.32 Å². The van der Waals surface area contributed by atoms with Gasteiger partial charge in [-0.15, -0.1) is 0 Å². The minimum absolute atomic E-state index is 0.561. The topological polar surface area (TPSA) is 15.3 Å². The molecule has 21 heavy (non-hydrogen) atoms. The van der Waals surface area contributed by atoms with E-state index in [4.69, 9.17) is 0 Å². The second kappa shape index (κ2) is 10.7. The van der Waals surface area contributed by atoms with E-state index in [0.717, 1.165) is 19.6 Å². The number of unbranched alkanes of at least 4 members (excludes halogenated alkanes) is 3. The predicted molar refractivity (Wildman–Crippen MR) is 94.9 cm³/mol. The summed E-state index contributed by atoms with van der Waals surface area (Å²) in [5.41, 5.74) is 2.67. The summed E-state index contributed by atoms with van der Waals surface area (Å²) in [5.74, 6) is 0. The standard InChI is InChI=1S/C19H34N2/c1-5-8-9-10-12-17(4)20-19-14-11-13-18(15-19)16-21(6-2)7-3/h11,13-15,17,20H,5-10,12,16H2,1-4H3. The second-order valence-corrected chi connectivity index (χ2v) is 6.06. The molecule has 0 aliphatic heterocycles. The number of benzene rings is 1. The zero-order valence-electron chi connectivity index (χ0n) is 14.5. The van der Waals surface area contributed by atoms with Gasteiger partial charge in [0.05, 0.1) is 0 Å². The number of nitrogens with zero attached hydrogens (tertiary/aromatic N) is 1. The molecule has 0 amide bonds. The minimum atomic E-state index is 0.561. The summed E-state index contributed by atoms with van der Waals surface area (Å²) >= 11 is 0. The summed E-state index contributed by atoms with van der Waals surface area (Å²) in [4.78, 5) is 2.45. The molecule has 0 bridgehead atoms. The van der Waals surface area contributed by atoms with Crippen LogP contribution in [0.3, 0.4) is 0 Å². The average Bonchev–Trinajstić information content (AvgIpc) is 2.49. The summed E-state index contributed by atoms with van der Waals surface area (Å²) in [6.45, 7) is 12.3. The Morgan fingerprint density at radius 3 is 2.48 bits per heavy atom. The van der Waals surface area contributed by atoms with Crippen LogP contribution in [0, 0.1) is 0 Å². The Bertz CT molecular complexity index is 372. The van der Waals surface area contributed by atoms with Crippen LogP contribution in [0.5, 0.6) is 0 Å². The molecular weight excluding hydrogens is 256 g/mol. The molecule has 2 heteroatoms. The van der Waals surface area contributed by atoms with Gasteiger partial charge in [0.2, 0.25) is 0 Å². The van der Waals surface area contributed by atoms with Crippen molar-refractivity contribution in [3.63, 3.8) is 0 Å². The van der Waals surface area contributed by atoms with Gasteiger partial charge in [0.15, 0.2) is 0 Å². The molecule has 0 fully saturated rings. The van der Waals surface area contributed by atoms with Crippen LogP contribution in [0.15, 0.2) is 24.3 Å². The lowest BCUT2D eigenvalue weighted by Gasteiger charge is -2.20. The van der Waals surface area contributed by atoms with E-state index in [2.05, 4.69) is 62.2 Å². The summed E-state index contributed by atoms with van der Waals surface area (Å²) in [6.07, 6.45) is 6.65. The molecule has 120 valence electrons. The van der Waals surface area contributed by atoms with Crippen LogP contribution in [-0.4, -0.2) is 24.0 Å².